The molecule has 0 radical (unpaired) electrons. The predicted molar refractivity (Wildman–Crippen MR) is 118 cm³/mol. The van der Waals surface area contributed by atoms with Gasteiger partial charge in [0.25, 0.3) is 5.91 Å². The van der Waals surface area contributed by atoms with Gasteiger partial charge in [0.15, 0.2) is 11.5 Å². The molecule has 0 saturated heterocycles. The number of hydrogen-bond donors (Lipinski definition) is 2. The van der Waals surface area contributed by atoms with E-state index in [0.29, 0.717) is 40.3 Å². The molecule has 2 aromatic carbocycles. The number of carbonyl (C=O) groups excluding carboxylic acids is 1. The number of ether oxygens (including phenoxy) is 2. The number of hydrogen-bond acceptors (Lipinski definition) is 6. The summed E-state index contributed by atoms with van der Waals surface area (Å²) in [5, 5.41) is 8.60. The number of nitrogens with one attached hydrogen (secondary N) is 2. The smallest absolute Gasteiger partial charge is 0.253 e. The van der Waals surface area contributed by atoms with E-state index in [-0.39, 0.29) is 12.7 Å². The molecular weight excluding hydrogens is 416 g/mol. The average molecular weight is 433 g/mol. The van der Waals surface area contributed by atoms with E-state index < -0.39 is 0 Å². The minimum absolute atomic E-state index is 0.216. The van der Waals surface area contributed by atoms with Gasteiger partial charge in [-0.2, -0.15) is 0 Å². The summed E-state index contributed by atoms with van der Waals surface area (Å²) in [6.07, 6.45) is 3.24. The van der Waals surface area contributed by atoms with Crippen LogP contribution in [-0.2, 0) is 6.54 Å². The van der Waals surface area contributed by atoms with Crippen molar-refractivity contribution < 1.29 is 14.3 Å². The fourth-order valence-electron chi connectivity index (χ4n) is 3.30. The number of nitrogens with zero attached hydrogens (tertiary/aromatic N) is 2. The lowest BCUT2D eigenvalue weighted by molar-refractivity contribution is 0.0950. The van der Waals surface area contributed by atoms with Crippen molar-refractivity contribution in [1.29, 1.82) is 0 Å². The minimum atomic E-state index is -0.216. The maximum absolute atomic E-state index is 12.5. The Labute approximate surface area is 183 Å². The topological polar surface area (TPSA) is 85.4 Å². The second-order valence-electron chi connectivity index (χ2n) is 6.95. The number of anilines is 2. The summed E-state index contributed by atoms with van der Waals surface area (Å²) in [5.74, 6) is 2.41. The van der Waals surface area contributed by atoms with E-state index in [1.807, 2.05) is 42.5 Å². The van der Waals surface area contributed by atoms with Crippen molar-refractivity contribution in [2.75, 3.05) is 12.1 Å². The first kappa shape index (κ1) is 19.1. The van der Waals surface area contributed by atoms with Crippen LogP contribution in [0.25, 0.3) is 10.8 Å². The molecule has 2 N–H and O–H groups in total. The molecule has 2 aromatic heterocycles. The lowest BCUT2D eigenvalue weighted by atomic mass is 10.1. The molecule has 8 heteroatoms. The number of halogens is 1. The Balaban J connectivity index is 1.26. The van der Waals surface area contributed by atoms with Gasteiger partial charge in [-0.1, -0.05) is 23.7 Å². The molecule has 0 fully saturated rings. The van der Waals surface area contributed by atoms with E-state index in [1.54, 1.807) is 18.3 Å². The molecule has 3 heterocycles. The third kappa shape index (κ3) is 4.08. The van der Waals surface area contributed by atoms with Crippen LogP contribution in [0, 0.1) is 0 Å². The van der Waals surface area contributed by atoms with Crippen LogP contribution < -0.4 is 20.1 Å². The monoisotopic (exact) mass is 432 g/mol. The van der Waals surface area contributed by atoms with Gasteiger partial charge in [0.05, 0.1) is 5.56 Å². The molecule has 7 nitrogen and oxygen atoms in total. The molecule has 1 amide bonds. The SMILES string of the molecule is O=C(NCc1ccc2c(c1)OCO2)c1ccc(Nc2nccc3ccc(Cl)cc23)nc1. The first-order chi connectivity index (χ1) is 15.2. The van der Waals surface area contributed by atoms with E-state index in [9.17, 15) is 4.79 Å². The van der Waals surface area contributed by atoms with Crippen LogP contribution in [0.3, 0.4) is 0 Å². The van der Waals surface area contributed by atoms with Gasteiger partial charge in [0.2, 0.25) is 6.79 Å². The highest BCUT2D eigenvalue weighted by Crippen LogP contribution is 2.32. The maximum Gasteiger partial charge on any atom is 0.253 e. The molecule has 0 aliphatic carbocycles. The third-order valence-electron chi connectivity index (χ3n) is 4.89. The molecule has 1 aliphatic heterocycles. The Morgan fingerprint density at radius 2 is 1.90 bits per heavy atom. The molecule has 0 bridgehead atoms. The zero-order valence-electron chi connectivity index (χ0n) is 16.3. The van der Waals surface area contributed by atoms with Crippen molar-refractivity contribution in [3.63, 3.8) is 0 Å². The summed E-state index contributed by atoms with van der Waals surface area (Å²) in [6.45, 7) is 0.592. The Morgan fingerprint density at radius 3 is 2.77 bits per heavy atom. The largest absolute Gasteiger partial charge is 0.454 e. The molecule has 154 valence electrons. The highest BCUT2D eigenvalue weighted by atomic mass is 35.5. The van der Waals surface area contributed by atoms with Crippen LogP contribution >= 0.6 is 11.6 Å². The van der Waals surface area contributed by atoms with Crippen LogP contribution in [0.5, 0.6) is 11.5 Å². The van der Waals surface area contributed by atoms with Crippen LogP contribution in [0.2, 0.25) is 5.02 Å². The second kappa shape index (κ2) is 8.12. The van der Waals surface area contributed by atoms with Gasteiger partial charge in [-0.05, 0) is 53.4 Å². The van der Waals surface area contributed by atoms with E-state index in [4.69, 9.17) is 21.1 Å². The summed E-state index contributed by atoms with van der Waals surface area (Å²) in [7, 11) is 0. The number of amides is 1. The van der Waals surface area contributed by atoms with Crippen molar-refractivity contribution >= 4 is 39.9 Å². The van der Waals surface area contributed by atoms with Gasteiger partial charge >= 0.3 is 0 Å². The van der Waals surface area contributed by atoms with Gasteiger partial charge in [0, 0.05) is 29.3 Å². The normalized spacial score (nSPS) is 12.0. The Bertz CT molecular complexity index is 1280. The van der Waals surface area contributed by atoms with Crippen molar-refractivity contribution in [1.82, 2.24) is 15.3 Å². The first-order valence-corrected chi connectivity index (χ1v) is 9.97. The third-order valence-corrected chi connectivity index (χ3v) is 5.13. The Kier molecular flexibility index (Phi) is 5.01. The second-order valence-corrected chi connectivity index (χ2v) is 7.39. The molecule has 4 aromatic rings. The number of fused-ring (bicyclic) bond motifs is 2. The molecule has 5 rings (SSSR count). The van der Waals surface area contributed by atoms with Crippen LogP contribution in [0.1, 0.15) is 15.9 Å². The van der Waals surface area contributed by atoms with E-state index in [1.165, 1.54) is 6.20 Å². The van der Waals surface area contributed by atoms with Crippen LogP contribution in [0.15, 0.2) is 67.0 Å². The maximum atomic E-state index is 12.5. The van der Waals surface area contributed by atoms with E-state index >= 15 is 0 Å². The summed E-state index contributed by atoms with van der Waals surface area (Å²) in [4.78, 5) is 21.2. The van der Waals surface area contributed by atoms with Crippen molar-refractivity contribution in [2.45, 2.75) is 6.54 Å². The molecule has 31 heavy (non-hydrogen) atoms. The zero-order chi connectivity index (χ0) is 21.2. The first-order valence-electron chi connectivity index (χ1n) is 9.60. The molecule has 1 aliphatic rings. The van der Waals surface area contributed by atoms with Gasteiger partial charge in [-0.3, -0.25) is 4.79 Å². The lowest BCUT2D eigenvalue weighted by Gasteiger charge is -2.09. The Morgan fingerprint density at radius 1 is 1.00 bits per heavy atom. The fraction of sp³-hybridized carbons (Fsp3) is 0.0870. The quantitative estimate of drug-likeness (QED) is 0.476. The molecule has 0 spiro atoms. The Hall–Kier alpha value is -3.84. The lowest BCUT2D eigenvalue weighted by Crippen LogP contribution is -2.22. The number of benzene rings is 2. The summed E-state index contributed by atoms with van der Waals surface area (Å²) in [5.41, 5.74) is 1.38. The average Bonchev–Trinajstić information content (AvgIpc) is 3.26. The molecule has 0 saturated carbocycles. The summed E-state index contributed by atoms with van der Waals surface area (Å²) >= 11 is 6.12. The van der Waals surface area contributed by atoms with E-state index in [2.05, 4.69) is 20.6 Å². The molecule has 0 unspecified atom stereocenters. The summed E-state index contributed by atoms with van der Waals surface area (Å²) < 4.78 is 10.7. The number of pyridine rings is 2. The van der Waals surface area contributed by atoms with Crippen LogP contribution in [0.4, 0.5) is 11.6 Å². The predicted octanol–water partition coefficient (Wildman–Crippen LogP) is 4.69. The van der Waals surface area contributed by atoms with Gasteiger partial charge in [-0.25, -0.2) is 9.97 Å². The number of rotatable bonds is 5. The van der Waals surface area contributed by atoms with Gasteiger partial charge in [-0.15, -0.1) is 0 Å². The van der Waals surface area contributed by atoms with Crippen molar-refractivity contribution in [2.24, 2.45) is 0 Å². The minimum Gasteiger partial charge on any atom is -0.454 e. The molecule has 0 atom stereocenters. The summed E-state index contributed by atoms with van der Waals surface area (Å²) in [6, 6.07) is 16.6. The number of carbonyl (C=O) groups is 1. The number of aromatic nitrogens is 2. The fourth-order valence-corrected chi connectivity index (χ4v) is 3.47. The van der Waals surface area contributed by atoms with Gasteiger partial charge in [0.1, 0.15) is 11.6 Å². The van der Waals surface area contributed by atoms with Crippen molar-refractivity contribution in [3.05, 3.63) is 83.1 Å². The standard InChI is InChI=1S/C23H17ClN4O3/c24-17-4-2-15-7-8-25-22(18(15)10-17)28-21-6-3-16(12-26-21)23(29)27-11-14-1-5-19-20(9-14)31-13-30-19/h1-10,12H,11,13H2,(H,27,29)(H,25,26,28). The zero-order valence-corrected chi connectivity index (χ0v) is 17.0. The van der Waals surface area contributed by atoms with Gasteiger partial charge < -0.3 is 20.1 Å². The van der Waals surface area contributed by atoms with Crippen LogP contribution in [-0.4, -0.2) is 22.7 Å². The van der Waals surface area contributed by atoms with Crippen molar-refractivity contribution in [3.8, 4) is 11.5 Å². The highest BCUT2D eigenvalue weighted by Gasteiger charge is 2.14. The molecular formula is C23H17ClN4O3. The highest BCUT2D eigenvalue weighted by molar-refractivity contribution is 6.31. The van der Waals surface area contributed by atoms with E-state index in [0.717, 1.165) is 16.3 Å².